The summed E-state index contributed by atoms with van der Waals surface area (Å²) in [6.07, 6.45) is 0. The lowest BCUT2D eigenvalue weighted by molar-refractivity contribution is 0.0398. The van der Waals surface area contributed by atoms with Crippen LogP contribution in [0.25, 0.3) is 11.5 Å². The van der Waals surface area contributed by atoms with Crippen LogP contribution in [-0.2, 0) is 4.74 Å². The zero-order chi connectivity index (χ0) is 16.1. The van der Waals surface area contributed by atoms with E-state index in [9.17, 15) is 5.26 Å². The molecule has 1 fully saturated rings. The Morgan fingerprint density at radius 1 is 1.35 bits per heavy atom. The zero-order valence-electron chi connectivity index (χ0n) is 12.6. The predicted molar refractivity (Wildman–Crippen MR) is 87.4 cm³/mol. The Morgan fingerprint density at radius 2 is 2.17 bits per heavy atom. The molecule has 1 aliphatic rings. The van der Waals surface area contributed by atoms with Crippen molar-refractivity contribution in [3.63, 3.8) is 0 Å². The molecule has 6 nitrogen and oxygen atoms in total. The third-order valence-corrected chi connectivity index (χ3v) is 3.86. The minimum Gasteiger partial charge on any atom is -0.419 e. The number of anilines is 1. The molecule has 0 saturated carbocycles. The van der Waals surface area contributed by atoms with Gasteiger partial charge in [-0.3, -0.25) is 4.90 Å². The number of halogens is 1. The van der Waals surface area contributed by atoms with Gasteiger partial charge in [0.25, 0.3) is 0 Å². The van der Waals surface area contributed by atoms with E-state index in [1.165, 1.54) is 0 Å². The lowest BCUT2D eigenvalue weighted by Crippen LogP contribution is -2.39. The van der Waals surface area contributed by atoms with Crippen molar-refractivity contribution in [2.24, 2.45) is 0 Å². The molecule has 23 heavy (non-hydrogen) atoms. The summed E-state index contributed by atoms with van der Waals surface area (Å²) < 4.78 is 11.0. The number of nitriles is 1. The van der Waals surface area contributed by atoms with Gasteiger partial charge >= 0.3 is 0 Å². The predicted octanol–water partition coefficient (Wildman–Crippen LogP) is 2.61. The quantitative estimate of drug-likeness (QED) is 0.907. The molecule has 0 radical (unpaired) electrons. The molecule has 7 heteroatoms. The van der Waals surface area contributed by atoms with Crippen LogP contribution < -0.4 is 5.32 Å². The summed E-state index contributed by atoms with van der Waals surface area (Å²) in [6.45, 7) is 4.93. The molecular formula is C16H17ClN4O2. The van der Waals surface area contributed by atoms with Crippen molar-refractivity contribution in [3.8, 4) is 17.5 Å². The molecule has 1 aromatic carbocycles. The molecule has 2 heterocycles. The number of nitrogens with one attached hydrogen (secondary N) is 1. The highest BCUT2D eigenvalue weighted by Crippen LogP contribution is 2.26. The van der Waals surface area contributed by atoms with Gasteiger partial charge in [-0.15, -0.1) is 0 Å². The molecule has 0 unspecified atom stereocenters. The van der Waals surface area contributed by atoms with Crippen LogP contribution in [-0.4, -0.2) is 49.3 Å². The lowest BCUT2D eigenvalue weighted by atomic mass is 10.2. The van der Waals surface area contributed by atoms with Crippen molar-refractivity contribution in [1.29, 1.82) is 5.26 Å². The maximum atomic E-state index is 9.22. The molecule has 0 aliphatic carbocycles. The second-order valence-electron chi connectivity index (χ2n) is 5.20. The largest absolute Gasteiger partial charge is 0.419 e. The van der Waals surface area contributed by atoms with Crippen LogP contribution in [0, 0.1) is 11.3 Å². The molecule has 0 bridgehead atoms. The van der Waals surface area contributed by atoms with Crippen LogP contribution in [0.4, 0.5) is 5.88 Å². The second-order valence-corrected chi connectivity index (χ2v) is 5.64. The van der Waals surface area contributed by atoms with Gasteiger partial charge in [-0.05, 0) is 18.2 Å². The molecule has 2 aromatic rings. The standard InChI is InChI=1S/C16H17ClN4O2/c17-13-3-1-2-12(10-13)15-20-14(11-18)16(23-15)19-4-5-21-6-8-22-9-7-21/h1-3,10,19H,4-9H2. The maximum absolute atomic E-state index is 9.22. The number of morpholine rings is 1. The zero-order valence-corrected chi connectivity index (χ0v) is 13.3. The smallest absolute Gasteiger partial charge is 0.232 e. The Balaban J connectivity index is 1.66. The van der Waals surface area contributed by atoms with E-state index in [2.05, 4.69) is 21.3 Å². The molecule has 1 saturated heterocycles. The molecule has 120 valence electrons. The molecule has 1 aliphatic heterocycles. The fourth-order valence-electron chi connectivity index (χ4n) is 2.41. The van der Waals surface area contributed by atoms with Crippen molar-refractivity contribution < 1.29 is 9.15 Å². The second kappa shape index (κ2) is 7.47. The fraction of sp³-hybridized carbons (Fsp3) is 0.375. The van der Waals surface area contributed by atoms with Crippen molar-refractivity contribution >= 4 is 17.5 Å². The first-order valence-corrected chi connectivity index (χ1v) is 7.85. The average molecular weight is 333 g/mol. The SMILES string of the molecule is N#Cc1nc(-c2cccc(Cl)c2)oc1NCCN1CCOCC1. The van der Waals surface area contributed by atoms with Crippen LogP contribution in [0.2, 0.25) is 5.02 Å². The van der Waals surface area contributed by atoms with Gasteiger partial charge in [-0.2, -0.15) is 10.2 Å². The Kier molecular flexibility index (Phi) is 5.13. The van der Waals surface area contributed by atoms with Crippen molar-refractivity contribution in [3.05, 3.63) is 35.0 Å². The fourth-order valence-corrected chi connectivity index (χ4v) is 2.60. The summed E-state index contributed by atoms with van der Waals surface area (Å²) in [6, 6.07) is 9.25. The van der Waals surface area contributed by atoms with Crippen LogP contribution in [0.15, 0.2) is 28.7 Å². The van der Waals surface area contributed by atoms with Crippen molar-refractivity contribution in [2.45, 2.75) is 0 Å². The summed E-state index contributed by atoms with van der Waals surface area (Å²) in [5.41, 5.74) is 0.997. The summed E-state index contributed by atoms with van der Waals surface area (Å²) in [5.74, 6) is 0.786. The highest BCUT2D eigenvalue weighted by molar-refractivity contribution is 6.30. The van der Waals surface area contributed by atoms with E-state index in [0.717, 1.165) is 38.4 Å². The van der Waals surface area contributed by atoms with Gasteiger partial charge < -0.3 is 14.5 Å². The molecule has 3 rings (SSSR count). The van der Waals surface area contributed by atoms with Gasteiger partial charge in [0.05, 0.1) is 13.2 Å². The Morgan fingerprint density at radius 3 is 2.91 bits per heavy atom. The monoisotopic (exact) mass is 332 g/mol. The third kappa shape index (κ3) is 4.02. The van der Waals surface area contributed by atoms with Gasteiger partial charge in [0.1, 0.15) is 6.07 Å². The average Bonchev–Trinajstić information content (AvgIpc) is 2.99. The molecule has 1 N–H and O–H groups in total. The van der Waals surface area contributed by atoms with Crippen LogP contribution in [0.1, 0.15) is 5.69 Å². The number of oxazole rings is 1. The summed E-state index contributed by atoms with van der Waals surface area (Å²) >= 11 is 5.98. The number of benzene rings is 1. The van der Waals surface area contributed by atoms with Gasteiger partial charge in [-0.25, -0.2) is 0 Å². The molecular weight excluding hydrogens is 316 g/mol. The van der Waals surface area contributed by atoms with Crippen molar-refractivity contribution in [1.82, 2.24) is 9.88 Å². The third-order valence-electron chi connectivity index (χ3n) is 3.62. The van der Waals surface area contributed by atoms with Crippen LogP contribution >= 0.6 is 11.6 Å². The highest BCUT2D eigenvalue weighted by Gasteiger charge is 2.15. The van der Waals surface area contributed by atoms with E-state index in [1.54, 1.807) is 12.1 Å². The van der Waals surface area contributed by atoms with Gasteiger partial charge in [-0.1, -0.05) is 17.7 Å². The Bertz CT molecular complexity index is 704. The van der Waals surface area contributed by atoms with E-state index in [4.69, 9.17) is 20.8 Å². The van der Waals surface area contributed by atoms with Gasteiger partial charge in [0.2, 0.25) is 17.5 Å². The van der Waals surface area contributed by atoms with E-state index in [-0.39, 0.29) is 5.69 Å². The van der Waals surface area contributed by atoms with E-state index < -0.39 is 0 Å². The topological polar surface area (TPSA) is 74.3 Å². The van der Waals surface area contributed by atoms with E-state index in [0.29, 0.717) is 23.3 Å². The minimum absolute atomic E-state index is 0.252. The van der Waals surface area contributed by atoms with E-state index in [1.807, 2.05) is 12.1 Å². The molecule has 0 amide bonds. The first kappa shape index (κ1) is 15.8. The number of hydrogen-bond donors (Lipinski definition) is 1. The lowest BCUT2D eigenvalue weighted by Gasteiger charge is -2.26. The number of ether oxygens (including phenoxy) is 1. The van der Waals surface area contributed by atoms with Crippen LogP contribution in [0.5, 0.6) is 0 Å². The number of nitrogens with zero attached hydrogens (tertiary/aromatic N) is 3. The first-order valence-electron chi connectivity index (χ1n) is 7.47. The van der Waals surface area contributed by atoms with E-state index >= 15 is 0 Å². The maximum Gasteiger partial charge on any atom is 0.232 e. The molecule has 0 atom stereocenters. The number of aromatic nitrogens is 1. The number of rotatable bonds is 5. The summed E-state index contributed by atoms with van der Waals surface area (Å²) in [7, 11) is 0. The summed E-state index contributed by atoms with van der Waals surface area (Å²) in [5, 5.41) is 13.0. The van der Waals surface area contributed by atoms with Crippen LogP contribution in [0.3, 0.4) is 0 Å². The number of hydrogen-bond acceptors (Lipinski definition) is 6. The molecule has 0 spiro atoms. The van der Waals surface area contributed by atoms with Gasteiger partial charge in [0.15, 0.2) is 0 Å². The first-order chi connectivity index (χ1) is 11.3. The minimum atomic E-state index is 0.252. The molecule has 1 aromatic heterocycles. The van der Waals surface area contributed by atoms with Gasteiger partial charge in [0, 0.05) is 36.8 Å². The Hall–Kier alpha value is -2.07. The summed E-state index contributed by atoms with van der Waals surface area (Å²) in [4.78, 5) is 6.53. The Labute approximate surface area is 139 Å². The highest BCUT2D eigenvalue weighted by atomic mass is 35.5. The van der Waals surface area contributed by atoms with Crippen molar-refractivity contribution in [2.75, 3.05) is 44.7 Å². The normalized spacial score (nSPS) is 15.3.